The van der Waals surface area contributed by atoms with Crippen molar-refractivity contribution in [3.05, 3.63) is 24.2 Å². The number of carbonyl (C=O) groups excluding carboxylic acids is 2. The molecule has 1 saturated heterocycles. The van der Waals surface area contributed by atoms with Gasteiger partial charge in [0, 0.05) is 13.0 Å². The van der Waals surface area contributed by atoms with Crippen molar-refractivity contribution in [2.24, 2.45) is 11.3 Å². The second kappa shape index (κ2) is 16.6. The fourth-order valence-corrected chi connectivity index (χ4v) is 3.18. The van der Waals surface area contributed by atoms with Crippen molar-refractivity contribution in [1.29, 1.82) is 5.26 Å². The lowest BCUT2D eigenvalue weighted by Gasteiger charge is -2.14. The van der Waals surface area contributed by atoms with Crippen molar-refractivity contribution in [1.82, 2.24) is 14.6 Å². The van der Waals surface area contributed by atoms with Crippen LogP contribution in [0.5, 0.6) is 0 Å². The molecule has 11 heteroatoms. The molecule has 0 saturated carbocycles. The molecule has 3 rings (SSSR count). The van der Waals surface area contributed by atoms with Crippen molar-refractivity contribution in [2.45, 2.75) is 79.9 Å². The zero-order chi connectivity index (χ0) is 27.9. The zero-order valence-electron chi connectivity index (χ0n) is 22.4. The van der Waals surface area contributed by atoms with E-state index in [0.29, 0.717) is 12.2 Å². The lowest BCUT2D eigenvalue weighted by atomic mass is 9.98. The minimum atomic E-state index is -0.532. The van der Waals surface area contributed by atoms with E-state index in [1.54, 1.807) is 25.3 Å². The standard InChI is InChI=1S/C16H22N4O3.C6H12O3.C2H6.CHN/c1-10(2)7-15(22)19-16-13-5-4-12(20(13)18-9-17-16)14-6-3-11(8-21)23-14;1-6(2,3)5(8)9-4-7;2*1-2/h4-5,9-11,14,21H,3,6-8H2,1-2H3,(H,17,18,19,22);7H,4H2,1-3H3;1-2H3;1H. The van der Waals surface area contributed by atoms with Crippen molar-refractivity contribution < 1.29 is 29.3 Å². The van der Waals surface area contributed by atoms with E-state index in [4.69, 9.17) is 15.1 Å². The van der Waals surface area contributed by atoms with Crippen LogP contribution in [-0.2, 0) is 19.1 Å². The molecule has 1 amide bonds. The lowest BCUT2D eigenvalue weighted by molar-refractivity contribution is -0.161. The second-order valence-corrected chi connectivity index (χ2v) is 9.13. The summed E-state index contributed by atoms with van der Waals surface area (Å²) < 4.78 is 11.9. The van der Waals surface area contributed by atoms with Gasteiger partial charge in [-0.25, -0.2) is 14.8 Å². The number of aromatic nitrogens is 3. The van der Waals surface area contributed by atoms with Crippen LogP contribution in [0.1, 0.15) is 79.5 Å². The summed E-state index contributed by atoms with van der Waals surface area (Å²) in [5.74, 6) is 0.358. The van der Waals surface area contributed by atoms with Crippen LogP contribution in [0.3, 0.4) is 0 Å². The fraction of sp³-hybridized carbons (Fsp3) is 0.640. The number of nitriles is 1. The van der Waals surface area contributed by atoms with Crippen molar-refractivity contribution >= 4 is 23.2 Å². The number of nitrogens with one attached hydrogen (secondary N) is 1. The molecule has 0 aliphatic carbocycles. The molecule has 2 aromatic rings. The molecule has 2 unspecified atom stereocenters. The van der Waals surface area contributed by atoms with Crippen LogP contribution < -0.4 is 5.32 Å². The van der Waals surface area contributed by atoms with Crippen molar-refractivity contribution in [2.75, 3.05) is 18.7 Å². The van der Waals surface area contributed by atoms with Gasteiger partial charge in [0.05, 0.1) is 23.8 Å². The first kappa shape index (κ1) is 32.9. The van der Waals surface area contributed by atoms with Gasteiger partial charge in [0.1, 0.15) is 17.9 Å². The zero-order valence-corrected chi connectivity index (χ0v) is 22.4. The van der Waals surface area contributed by atoms with E-state index in [9.17, 15) is 14.7 Å². The van der Waals surface area contributed by atoms with Gasteiger partial charge in [0.2, 0.25) is 5.91 Å². The SMILES string of the molecule is C#N.CC.CC(C)(C)C(=O)OCO.CC(C)CC(=O)Nc1ncnn2c(C3CCC(CO)O3)ccc12. The number of ether oxygens (including phenoxy) is 2. The first-order valence-electron chi connectivity index (χ1n) is 12.0. The van der Waals surface area contributed by atoms with Gasteiger partial charge in [-0.2, -0.15) is 5.10 Å². The average Bonchev–Trinajstić information content (AvgIpc) is 3.48. The molecule has 3 heterocycles. The van der Waals surface area contributed by atoms with E-state index in [0.717, 1.165) is 24.1 Å². The third kappa shape index (κ3) is 10.3. The highest BCUT2D eigenvalue weighted by molar-refractivity contribution is 5.93. The Kier molecular flexibility index (Phi) is 15.2. The van der Waals surface area contributed by atoms with Crippen LogP contribution in [0.4, 0.5) is 5.82 Å². The Labute approximate surface area is 213 Å². The Morgan fingerprint density at radius 3 is 2.36 bits per heavy atom. The summed E-state index contributed by atoms with van der Waals surface area (Å²) in [6, 6.07) is 3.82. The molecular formula is C25H41N5O6. The van der Waals surface area contributed by atoms with Crippen LogP contribution in [0.2, 0.25) is 0 Å². The molecule has 0 spiro atoms. The molecule has 36 heavy (non-hydrogen) atoms. The fourth-order valence-electron chi connectivity index (χ4n) is 3.18. The van der Waals surface area contributed by atoms with E-state index in [1.807, 2.05) is 39.8 Å². The minimum Gasteiger partial charge on any atom is -0.438 e. The summed E-state index contributed by atoms with van der Waals surface area (Å²) in [5.41, 5.74) is 1.15. The number of aliphatic hydroxyl groups is 2. The molecule has 2 aromatic heterocycles. The van der Waals surface area contributed by atoms with Crippen LogP contribution >= 0.6 is 0 Å². The number of rotatable bonds is 6. The molecular weight excluding hydrogens is 466 g/mol. The smallest absolute Gasteiger partial charge is 0.313 e. The van der Waals surface area contributed by atoms with E-state index in [2.05, 4.69) is 26.7 Å². The third-order valence-corrected chi connectivity index (χ3v) is 4.78. The predicted octanol–water partition coefficient (Wildman–Crippen LogP) is 3.62. The summed E-state index contributed by atoms with van der Waals surface area (Å²) in [5, 5.41) is 31.0. The largest absolute Gasteiger partial charge is 0.438 e. The number of esters is 1. The third-order valence-electron chi connectivity index (χ3n) is 4.78. The first-order chi connectivity index (χ1) is 17.1. The molecule has 202 valence electrons. The number of fused-ring (bicyclic) bond motifs is 1. The molecule has 0 radical (unpaired) electrons. The van der Waals surface area contributed by atoms with Gasteiger partial charge in [-0.15, -0.1) is 0 Å². The maximum absolute atomic E-state index is 12.0. The molecule has 11 nitrogen and oxygen atoms in total. The van der Waals surface area contributed by atoms with Gasteiger partial charge >= 0.3 is 5.97 Å². The number of aliphatic hydroxyl groups excluding tert-OH is 2. The normalized spacial score (nSPS) is 16.6. The van der Waals surface area contributed by atoms with Crippen molar-refractivity contribution in [3.8, 4) is 6.57 Å². The van der Waals surface area contributed by atoms with E-state index in [-0.39, 0.29) is 36.6 Å². The molecule has 0 bridgehead atoms. The number of carbonyl (C=O) groups is 2. The average molecular weight is 508 g/mol. The maximum atomic E-state index is 12.0. The van der Waals surface area contributed by atoms with E-state index in [1.165, 1.54) is 6.33 Å². The molecule has 2 atom stereocenters. The van der Waals surface area contributed by atoms with Gasteiger partial charge in [-0.1, -0.05) is 27.7 Å². The maximum Gasteiger partial charge on any atom is 0.313 e. The number of anilines is 1. The number of hydrogen-bond donors (Lipinski definition) is 3. The summed E-state index contributed by atoms with van der Waals surface area (Å²) >= 11 is 0. The summed E-state index contributed by atoms with van der Waals surface area (Å²) in [6.45, 7) is 16.2. The number of hydrogen-bond acceptors (Lipinski definition) is 9. The summed E-state index contributed by atoms with van der Waals surface area (Å²) in [6.07, 6.45) is 3.35. The molecule has 3 N–H and O–H groups in total. The number of amides is 1. The monoisotopic (exact) mass is 507 g/mol. The molecule has 1 aliphatic rings. The van der Waals surface area contributed by atoms with Gasteiger partial charge in [-0.3, -0.25) is 9.59 Å². The lowest BCUT2D eigenvalue weighted by Crippen LogP contribution is -2.23. The highest BCUT2D eigenvalue weighted by Gasteiger charge is 2.28. The predicted molar refractivity (Wildman–Crippen MR) is 136 cm³/mol. The van der Waals surface area contributed by atoms with Gasteiger partial charge in [-0.05, 0) is 51.7 Å². The second-order valence-electron chi connectivity index (χ2n) is 9.13. The number of nitrogens with zero attached hydrogens (tertiary/aromatic N) is 4. The van der Waals surface area contributed by atoms with E-state index >= 15 is 0 Å². The first-order valence-corrected chi connectivity index (χ1v) is 12.0. The molecule has 0 aromatic carbocycles. The Hall–Kier alpha value is -3.07. The quantitative estimate of drug-likeness (QED) is 0.392. The minimum absolute atomic E-state index is 0.0330. The molecule has 1 fully saturated rings. The topological polar surface area (TPSA) is 159 Å². The Morgan fingerprint density at radius 1 is 1.25 bits per heavy atom. The van der Waals surface area contributed by atoms with Crippen LogP contribution in [-0.4, -0.2) is 56.2 Å². The Balaban J connectivity index is 0.000000797. The van der Waals surface area contributed by atoms with Gasteiger partial charge in [0.25, 0.3) is 0 Å². The Bertz CT molecular complexity index is 951. The van der Waals surface area contributed by atoms with E-state index < -0.39 is 12.2 Å². The van der Waals surface area contributed by atoms with Crippen LogP contribution in [0.25, 0.3) is 5.52 Å². The molecule has 1 aliphatic heterocycles. The highest BCUT2D eigenvalue weighted by atomic mass is 16.6. The summed E-state index contributed by atoms with van der Waals surface area (Å²) in [7, 11) is 0. The van der Waals surface area contributed by atoms with Crippen molar-refractivity contribution in [3.63, 3.8) is 0 Å². The highest BCUT2D eigenvalue weighted by Crippen LogP contribution is 2.33. The summed E-state index contributed by atoms with van der Waals surface area (Å²) in [4.78, 5) is 26.8. The van der Waals surface area contributed by atoms with Crippen LogP contribution in [0, 0.1) is 23.2 Å². The Morgan fingerprint density at radius 2 is 1.89 bits per heavy atom. The van der Waals surface area contributed by atoms with Gasteiger partial charge in [0.15, 0.2) is 12.6 Å². The van der Waals surface area contributed by atoms with Gasteiger partial charge < -0.3 is 25.0 Å². The van der Waals surface area contributed by atoms with Crippen LogP contribution in [0.15, 0.2) is 18.5 Å².